The Bertz CT molecular complexity index is 365. The van der Waals surface area contributed by atoms with Gasteiger partial charge in [-0.25, -0.2) is 0 Å². The first-order valence-electron chi connectivity index (χ1n) is 7.23. The van der Waals surface area contributed by atoms with Crippen molar-refractivity contribution in [1.29, 1.82) is 0 Å². The van der Waals surface area contributed by atoms with E-state index in [9.17, 15) is 0 Å². The van der Waals surface area contributed by atoms with Crippen molar-refractivity contribution in [1.82, 2.24) is 15.5 Å². The van der Waals surface area contributed by atoms with Gasteiger partial charge >= 0.3 is 0 Å². The lowest BCUT2D eigenvalue weighted by molar-refractivity contribution is 0.363. The lowest BCUT2D eigenvalue weighted by Crippen LogP contribution is -2.25. The molecule has 1 unspecified atom stereocenters. The monoisotopic (exact) mass is 250 g/mol. The third-order valence-corrected chi connectivity index (χ3v) is 3.93. The molecule has 3 heterocycles. The van der Waals surface area contributed by atoms with Crippen LogP contribution in [0.2, 0.25) is 0 Å². The van der Waals surface area contributed by atoms with Crippen molar-refractivity contribution in [3.8, 4) is 0 Å². The molecule has 0 aliphatic carbocycles. The third kappa shape index (κ3) is 2.83. The Morgan fingerprint density at radius 1 is 1.17 bits per heavy atom. The first-order chi connectivity index (χ1) is 8.92. The van der Waals surface area contributed by atoms with E-state index in [2.05, 4.69) is 20.4 Å². The van der Waals surface area contributed by atoms with Gasteiger partial charge in [-0.3, -0.25) is 0 Å². The predicted molar refractivity (Wildman–Crippen MR) is 69.7 cm³/mol. The number of hydrogen-bond donors (Lipinski definition) is 1. The molecule has 0 radical (unpaired) electrons. The largest absolute Gasteiger partial charge is 0.338 e. The van der Waals surface area contributed by atoms with Gasteiger partial charge in [-0.05, 0) is 37.4 Å². The molecule has 5 nitrogen and oxygen atoms in total. The van der Waals surface area contributed by atoms with Crippen molar-refractivity contribution in [3.05, 3.63) is 5.89 Å². The fourth-order valence-electron chi connectivity index (χ4n) is 2.87. The van der Waals surface area contributed by atoms with Crippen LogP contribution in [0.3, 0.4) is 0 Å². The van der Waals surface area contributed by atoms with Gasteiger partial charge in [0.05, 0.1) is 0 Å². The molecule has 1 aromatic heterocycles. The van der Waals surface area contributed by atoms with Crippen LogP contribution in [-0.2, 0) is 6.42 Å². The Labute approximate surface area is 108 Å². The molecular weight excluding hydrogens is 228 g/mol. The van der Waals surface area contributed by atoms with E-state index >= 15 is 0 Å². The first kappa shape index (κ1) is 12.0. The van der Waals surface area contributed by atoms with E-state index in [1.807, 2.05) is 0 Å². The molecule has 2 aliphatic rings. The molecule has 0 bridgehead atoms. The van der Waals surface area contributed by atoms with Crippen LogP contribution in [0.25, 0.3) is 0 Å². The highest BCUT2D eigenvalue weighted by molar-refractivity contribution is 5.27. The number of aromatic nitrogens is 2. The summed E-state index contributed by atoms with van der Waals surface area (Å²) in [5.74, 6) is 1.58. The third-order valence-electron chi connectivity index (χ3n) is 3.93. The van der Waals surface area contributed by atoms with Gasteiger partial charge in [0.25, 0.3) is 5.95 Å². The molecule has 1 N–H and O–H groups in total. The molecule has 0 saturated carbocycles. The van der Waals surface area contributed by atoms with Gasteiger partial charge in [0, 0.05) is 25.6 Å². The summed E-state index contributed by atoms with van der Waals surface area (Å²) in [7, 11) is 0. The van der Waals surface area contributed by atoms with Crippen LogP contribution in [-0.4, -0.2) is 35.8 Å². The van der Waals surface area contributed by atoms with E-state index in [1.54, 1.807) is 0 Å². The summed E-state index contributed by atoms with van der Waals surface area (Å²) >= 11 is 0. The zero-order chi connectivity index (χ0) is 12.2. The summed E-state index contributed by atoms with van der Waals surface area (Å²) in [6.07, 6.45) is 8.50. The number of rotatable bonds is 3. The standard InChI is InChI=1S/C13H22N4O/c1-2-4-9-17(8-3-1)13-15-12(18-16-13)10-11-6-5-7-14-11/h11,14H,1-10H2. The minimum atomic E-state index is 0.530. The number of anilines is 1. The molecule has 3 rings (SSSR count). The van der Waals surface area contributed by atoms with Crippen LogP contribution < -0.4 is 10.2 Å². The van der Waals surface area contributed by atoms with E-state index in [4.69, 9.17) is 4.52 Å². The highest BCUT2D eigenvalue weighted by atomic mass is 16.5. The number of nitrogens with zero attached hydrogens (tertiary/aromatic N) is 3. The second-order valence-corrected chi connectivity index (χ2v) is 5.39. The number of hydrogen-bond acceptors (Lipinski definition) is 5. The van der Waals surface area contributed by atoms with Crippen molar-refractivity contribution in [3.63, 3.8) is 0 Å². The summed E-state index contributed by atoms with van der Waals surface area (Å²) in [6, 6.07) is 0.530. The minimum absolute atomic E-state index is 0.530. The smallest absolute Gasteiger partial charge is 0.266 e. The maximum Gasteiger partial charge on any atom is 0.266 e. The molecular formula is C13H22N4O. The lowest BCUT2D eigenvalue weighted by Gasteiger charge is -2.16. The first-order valence-corrected chi connectivity index (χ1v) is 7.23. The van der Waals surface area contributed by atoms with Crippen LogP contribution in [0.1, 0.15) is 44.4 Å². The van der Waals surface area contributed by atoms with E-state index in [1.165, 1.54) is 38.5 Å². The van der Waals surface area contributed by atoms with E-state index in [0.717, 1.165) is 37.9 Å². The maximum atomic E-state index is 5.38. The summed E-state index contributed by atoms with van der Waals surface area (Å²) in [5.41, 5.74) is 0. The van der Waals surface area contributed by atoms with E-state index < -0.39 is 0 Å². The molecule has 0 amide bonds. The van der Waals surface area contributed by atoms with Crippen LogP contribution in [0.5, 0.6) is 0 Å². The van der Waals surface area contributed by atoms with Crippen molar-refractivity contribution >= 4 is 5.95 Å². The Balaban J connectivity index is 1.60. The van der Waals surface area contributed by atoms with Gasteiger partial charge in [0.1, 0.15) is 0 Å². The zero-order valence-electron chi connectivity index (χ0n) is 10.9. The molecule has 18 heavy (non-hydrogen) atoms. The highest BCUT2D eigenvalue weighted by Crippen LogP contribution is 2.18. The van der Waals surface area contributed by atoms with Gasteiger partial charge in [-0.1, -0.05) is 12.8 Å². The number of nitrogens with one attached hydrogen (secondary N) is 1. The molecule has 2 aliphatic heterocycles. The van der Waals surface area contributed by atoms with Gasteiger partial charge < -0.3 is 14.7 Å². The average molecular weight is 250 g/mol. The Kier molecular flexibility index (Phi) is 3.78. The Hall–Kier alpha value is -1.10. The normalized spacial score (nSPS) is 25.3. The fourth-order valence-corrected chi connectivity index (χ4v) is 2.87. The Morgan fingerprint density at radius 2 is 2.00 bits per heavy atom. The van der Waals surface area contributed by atoms with Gasteiger partial charge in [0.15, 0.2) is 0 Å². The average Bonchev–Trinajstić information content (AvgIpc) is 2.97. The summed E-state index contributed by atoms with van der Waals surface area (Å²) in [5, 5.41) is 7.60. The lowest BCUT2D eigenvalue weighted by atomic mass is 10.2. The van der Waals surface area contributed by atoms with Crippen molar-refractivity contribution < 1.29 is 4.52 Å². The maximum absolute atomic E-state index is 5.38. The molecule has 1 atom stereocenters. The molecule has 5 heteroatoms. The van der Waals surface area contributed by atoms with Gasteiger partial charge in [-0.15, -0.1) is 0 Å². The van der Waals surface area contributed by atoms with Crippen LogP contribution >= 0.6 is 0 Å². The quantitative estimate of drug-likeness (QED) is 0.885. The Morgan fingerprint density at radius 3 is 2.72 bits per heavy atom. The summed E-state index contributed by atoms with van der Waals surface area (Å²) in [4.78, 5) is 6.81. The van der Waals surface area contributed by atoms with Crippen molar-refractivity contribution in [2.45, 2.75) is 51.0 Å². The van der Waals surface area contributed by atoms with Gasteiger partial charge in [0.2, 0.25) is 5.89 Å². The summed E-state index contributed by atoms with van der Waals surface area (Å²) in [6.45, 7) is 3.26. The molecule has 2 saturated heterocycles. The molecule has 0 aromatic carbocycles. The van der Waals surface area contributed by atoms with Crippen molar-refractivity contribution in [2.75, 3.05) is 24.5 Å². The highest BCUT2D eigenvalue weighted by Gasteiger charge is 2.20. The fraction of sp³-hybridized carbons (Fsp3) is 0.846. The van der Waals surface area contributed by atoms with Crippen LogP contribution in [0.15, 0.2) is 4.52 Å². The molecule has 1 aromatic rings. The molecule has 0 spiro atoms. The minimum Gasteiger partial charge on any atom is -0.338 e. The molecule has 100 valence electrons. The zero-order valence-corrected chi connectivity index (χ0v) is 10.9. The predicted octanol–water partition coefficient (Wildman–Crippen LogP) is 1.74. The SMILES string of the molecule is C1CCCN(c2noc(CC3CCCN3)n2)CC1. The van der Waals surface area contributed by atoms with E-state index in [0.29, 0.717) is 6.04 Å². The molecule has 2 fully saturated rings. The van der Waals surface area contributed by atoms with Crippen molar-refractivity contribution in [2.24, 2.45) is 0 Å². The van der Waals surface area contributed by atoms with Gasteiger partial charge in [-0.2, -0.15) is 4.98 Å². The summed E-state index contributed by atoms with van der Waals surface area (Å²) < 4.78 is 5.38. The second kappa shape index (κ2) is 5.69. The van der Waals surface area contributed by atoms with Crippen LogP contribution in [0, 0.1) is 0 Å². The topological polar surface area (TPSA) is 54.2 Å². The van der Waals surface area contributed by atoms with E-state index in [-0.39, 0.29) is 0 Å². The van der Waals surface area contributed by atoms with Crippen LogP contribution in [0.4, 0.5) is 5.95 Å². The second-order valence-electron chi connectivity index (χ2n) is 5.39.